The molecule has 0 fully saturated rings. The van der Waals surface area contributed by atoms with Crippen molar-refractivity contribution in [3.05, 3.63) is 96.5 Å². The zero-order valence-electron chi connectivity index (χ0n) is 21.4. The lowest BCUT2D eigenvalue weighted by molar-refractivity contribution is -0.121. The predicted octanol–water partition coefficient (Wildman–Crippen LogP) is 3.38. The quantitative estimate of drug-likeness (QED) is 0.0881. The highest BCUT2D eigenvalue weighted by Gasteiger charge is 2.19. The molecule has 2 aromatic carbocycles. The Hall–Kier alpha value is -5.03. The zero-order chi connectivity index (χ0) is 28.5. The van der Waals surface area contributed by atoms with Crippen LogP contribution in [-0.4, -0.2) is 57.3 Å². The highest BCUT2D eigenvalue weighted by molar-refractivity contribution is 6.16. The fourth-order valence-electron chi connectivity index (χ4n) is 3.15. The molecule has 0 spiro atoms. The largest absolute Gasteiger partial charge is 0.516 e. The van der Waals surface area contributed by atoms with Crippen LogP contribution in [-0.2, 0) is 9.59 Å². The van der Waals surface area contributed by atoms with Gasteiger partial charge in [-0.2, -0.15) is 0 Å². The van der Waals surface area contributed by atoms with Gasteiger partial charge in [0.05, 0.1) is 30.2 Å². The number of hydrogen-bond donors (Lipinski definition) is 6. The Morgan fingerprint density at radius 2 is 1.79 bits per heavy atom. The van der Waals surface area contributed by atoms with Crippen molar-refractivity contribution in [1.29, 1.82) is 5.41 Å². The fraction of sp³-hybridized carbons (Fsp3) is 0.179. The number of amides is 1. The minimum Gasteiger partial charge on any atom is -0.516 e. The van der Waals surface area contributed by atoms with Gasteiger partial charge in [0.1, 0.15) is 35.7 Å². The number of ether oxygens (including phenoxy) is 1. The first kappa shape index (κ1) is 30.2. The van der Waals surface area contributed by atoms with Crippen molar-refractivity contribution in [3.63, 3.8) is 0 Å². The molecule has 0 saturated carbocycles. The van der Waals surface area contributed by atoms with Gasteiger partial charge in [0.15, 0.2) is 0 Å². The second kappa shape index (κ2) is 16.7. The molecule has 0 radical (unpaired) electrons. The molecule has 3 aromatic rings. The van der Waals surface area contributed by atoms with Crippen LogP contribution in [0.4, 0.5) is 11.6 Å². The second-order valence-corrected chi connectivity index (χ2v) is 7.83. The van der Waals surface area contributed by atoms with E-state index >= 15 is 0 Å². The Labute approximate surface area is 226 Å². The SMILES string of the molecule is C/C=C/O.N=C(c1ccc(Oc2ccccc2)cc1)c1c(N)ncnc1NC(/C=C/C=O)CNC(=O)CCO. The third-order valence-corrected chi connectivity index (χ3v) is 5.00. The Morgan fingerprint density at radius 1 is 1.13 bits per heavy atom. The minimum absolute atomic E-state index is 0.0373. The summed E-state index contributed by atoms with van der Waals surface area (Å²) in [4.78, 5) is 30.8. The van der Waals surface area contributed by atoms with Gasteiger partial charge >= 0.3 is 0 Å². The maximum Gasteiger partial charge on any atom is 0.222 e. The highest BCUT2D eigenvalue weighted by atomic mass is 16.5. The van der Waals surface area contributed by atoms with Crippen LogP contribution in [0, 0.1) is 5.41 Å². The molecule has 1 aromatic heterocycles. The Bertz CT molecular complexity index is 1260. The van der Waals surface area contributed by atoms with Crippen LogP contribution in [0.2, 0.25) is 0 Å². The number of nitrogens with two attached hydrogens (primary N) is 1. The summed E-state index contributed by atoms with van der Waals surface area (Å²) in [5, 5.41) is 31.1. The van der Waals surface area contributed by atoms with Crippen LogP contribution in [0.3, 0.4) is 0 Å². The average molecular weight is 533 g/mol. The molecule has 11 nitrogen and oxygen atoms in total. The molecule has 1 atom stereocenters. The van der Waals surface area contributed by atoms with Crippen LogP contribution in [0.5, 0.6) is 11.5 Å². The van der Waals surface area contributed by atoms with E-state index < -0.39 is 6.04 Å². The van der Waals surface area contributed by atoms with Gasteiger partial charge < -0.3 is 31.3 Å². The van der Waals surface area contributed by atoms with Crippen molar-refractivity contribution in [3.8, 4) is 11.5 Å². The van der Waals surface area contributed by atoms with Crippen LogP contribution in [0.1, 0.15) is 24.5 Å². The minimum atomic E-state index is -0.537. The number of aldehydes is 1. The number of aromatic nitrogens is 2. The smallest absolute Gasteiger partial charge is 0.222 e. The Kier molecular flexibility index (Phi) is 12.9. The number of allylic oxidation sites excluding steroid dienone is 2. The summed E-state index contributed by atoms with van der Waals surface area (Å²) in [6.07, 6.45) is 7.23. The molecule has 7 N–H and O–H groups in total. The predicted molar refractivity (Wildman–Crippen MR) is 150 cm³/mol. The van der Waals surface area contributed by atoms with Crippen molar-refractivity contribution in [1.82, 2.24) is 15.3 Å². The van der Waals surface area contributed by atoms with E-state index in [9.17, 15) is 9.59 Å². The van der Waals surface area contributed by atoms with Gasteiger partial charge in [-0.05, 0) is 49.4 Å². The van der Waals surface area contributed by atoms with Crippen molar-refractivity contribution in [2.45, 2.75) is 19.4 Å². The molecule has 39 heavy (non-hydrogen) atoms. The lowest BCUT2D eigenvalue weighted by Gasteiger charge is -2.19. The number of nitrogen functional groups attached to an aromatic ring is 1. The van der Waals surface area contributed by atoms with Crippen molar-refractivity contribution >= 4 is 29.5 Å². The summed E-state index contributed by atoms with van der Waals surface area (Å²) in [7, 11) is 0. The summed E-state index contributed by atoms with van der Waals surface area (Å²) < 4.78 is 5.80. The van der Waals surface area contributed by atoms with Crippen molar-refractivity contribution in [2.75, 3.05) is 24.2 Å². The number of carbonyl (C=O) groups excluding carboxylic acids is 2. The summed E-state index contributed by atoms with van der Waals surface area (Å²) in [6.45, 7) is 1.60. The third kappa shape index (κ3) is 10.1. The normalized spacial score (nSPS) is 11.3. The van der Waals surface area contributed by atoms with Crippen molar-refractivity contribution in [2.24, 2.45) is 0 Å². The molecule has 3 rings (SSSR count). The van der Waals surface area contributed by atoms with E-state index in [4.69, 9.17) is 26.1 Å². The van der Waals surface area contributed by atoms with Gasteiger partial charge in [0, 0.05) is 18.5 Å². The number of aliphatic hydroxyl groups is 2. The molecular formula is C28H32N6O5. The van der Waals surface area contributed by atoms with Crippen LogP contribution >= 0.6 is 0 Å². The fourth-order valence-corrected chi connectivity index (χ4v) is 3.15. The molecule has 0 aliphatic carbocycles. The average Bonchev–Trinajstić information content (AvgIpc) is 2.95. The van der Waals surface area contributed by atoms with E-state index in [1.54, 1.807) is 43.3 Å². The summed E-state index contributed by atoms with van der Waals surface area (Å²) >= 11 is 0. The topological polar surface area (TPSA) is 184 Å². The molecule has 1 heterocycles. The number of benzene rings is 2. The number of hydrogen-bond acceptors (Lipinski definition) is 10. The van der Waals surface area contributed by atoms with E-state index in [0.29, 0.717) is 23.3 Å². The molecule has 1 amide bonds. The Morgan fingerprint density at radius 3 is 2.41 bits per heavy atom. The van der Waals surface area contributed by atoms with Gasteiger partial charge in [0.25, 0.3) is 0 Å². The molecule has 0 aliphatic heterocycles. The van der Waals surface area contributed by atoms with Crippen LogP contribution in [0.25, 0.3) is 0 Å². The van der Waals surface area contributed by atoms with E-state index in [1.165, 1.54) is 12.4 Å². The van der Waals surface area contributed by atoms with Crippen molar-refractivity contribution < 1.29 is 24.5 Å². The number of aliphatic hydroxyl groups excluding tert-OH is 2. The lowest BCUT2D eigenvalue weighted by Crippen LogP contribution is -2.36. The van der Waals surface area contributed by atoms with Gasteiger partial charge in [-0.3, -0.25) is 15.0 Å². The maximum atomic E-state index is 11.7. The second-order valence-electron chi connectivity index (χ2n) is 7.83. The molecule has 0 bridgehead atoms. The van der Waals surface area contributed by atoms with Gasteiger partial charge in [-0.15, -0.1) is 0 Å². The van der Waals surface area contributed by atoms with Crippen LogP contribution < -0.4 is 21.1 Å². The molecule has 0 saturated heterocycles. The number of nitrogens with one attached hydrogen (secondary N) is 3. The number of para-hydroxylation sites is 1. The summed E-state index contributed by atoms with van der Waals surface area (Å²) in [5.74, 6) is 1.33. The third-order valence-electron chi connectivity index (χ3n) is 5.00. The van der Waals surface area contributed by atoms with E-state index in [0.717, 1.165) is 6.26 Å². The van der Waals surface area contributed by atoms with Gasteiger partial charge in [0.2, 0.25) is 5.91 Å². The summed E-state index contributed by atoms with van der Waals surface area (Å²) in [5.41, 5.74) is 7.02. The van der Waals surface area contributed by atoms with Crippen LogP contribution in [0.15, 0.2) is 85.4 Å². The first-order valence-electron chi connectivity index (χ1n) is 12.0. The van der Waals surface area contributed by atoms with E-state index in [1.807, 2.05) is 30.3 Å². The summed E-state index contributed by atoms with van der Waals surface area (Å²) in [6, 6.07) is 15.8. The number of carbonyl (C=O) groups is 2. The molecule has 11 heteroatoms. The van der Waals surface area contributed by atoms with E-state index in [-0.39, 0.29) is 48.4 Å². The Balaban J connectivity index is 0.00000124. The molecular weight excluding hydrogens is 500 g/mol. The zero-order valence-corrected chi connectivity index (χ0v) is 21.4. The monoisotopic (exact) mass is 532 g/mol. The standard InChI is InChI=1S/C25H26N6O4.C3H6O/c26-23(17-8-10-20(11-9-17)35-19-6-2-1-3-7-19)22-24(27)29-16-30-25(22)31-18(5-4-13-32)15-28-21(34)12-14-33;1-2-3-4/h1-11,13,16,18,26,33H,12,14-15H2,(H,28,34)(H3,27,29,30,31);2-4H,1H3/b5-4+,26-23?;3-2+. The number of anilines is 2. The highest BCUT2D eigenvalue weighted by Crippen LogP contribution is 2.25. The first-order valence-corrected chi connectivity index (χ1v) is 12.0. The molecule has 204 valence electrons. The first-order chi connectivity index (χ1) is 18.9. The lowest BCUT2D eigenvalue weighted by atomic mass is 10.0. The maximum absolute atomic E-state index is 11.7. The van der Waals surface area contributed by atoms with Gasteiger partial charge in [-0.1, -0.05) is 30.4 Å². The number of nitrogens with zero attached hydrogens (tertiary/aromatic N) is 2. The van der Waals surface area contributed by atoms with E-state index in [2.05, 4.69) is 20.6 Å². The number of rotatable bonds is 12. The molecule has 0 aliphatic rings. The molecule has 1 unspecified atom stereocenters. The van der Waals surface area contributed by atoms with Gasteiger partial charge in [-0.25, -0.2) is 9.97 Å².